The molecular weight excluding hydrogens is 340 g/mol. The van der Waals surface area contributed by atoms with Crippen molar-refractivity contribution in [1.82, 2.24) is 4.98 Å². The van der Waals surface area contributed by atoms with Crippen molar-refractivity contribution in [2.24, 2.45) is 0 Å². The highest BCUT2D eigenvalue weighted by atomic mass is 79.9. The van der Waals surface area contributed by atoms with E-state index in [0.29, 0.717) is 28.1 Å². The number of hydrogen-bond acceptors (Lipinski definition) is 4. The average molecular weight is 350 g/mol. The Bertz CT molecular complexity index is 512. The molecule has 1 aromatic heterocycles. The molecule has 7 heteroatoms. The molecule has 1 fully saturated rings. The molecule has 0 spiro atoms. The summed E-state index contributed by atoms with van der Waals surface area (Å²) in [5, 5.41) is 0.477. The van der Waals surface area contributed by atoms with Crippen molar-refractivity contribution < 1.29 is 9.59 Å². The molecule has 1 atom stereocenters. The minimum absolute atomic E-state index is 0.00921. The summed E-state index contributed by atoms with van der Waals surface area (Å²) in [5.74, 6) is -0.0319. The maximum Gasteiger partial charge on any atom is 0.228 e. The van der Waals surface area contributed by atoms with Gasteiger partial charge in [0, 0.05) is 31.3 Å². The Morgan fingerprint density at radius 3 is 3.00 bits per heavy atom. The Kier molecular flexibility index (Phi) is 4.29. The fraction of sp³-hybridized carbons (Fsp3) is 0.364. The number of anilines is 1. The lowest BCUT2D eigenvalue weighted by Crippen LogP contribution is -2.25. The largest absolute Gasteiger partial charge is 0.308 e. The Hall–Kier alpha value is -0.590. The van der Waals surface area contributed by atoms with Crippen molar-refractivity contribution in [3.63, 3.8) is 0 Å². The molecule has 0 N–H and O–H groups in total. The summed E-state index contributed by atoms with van der Waals surface area (Å²) < 4.78 is 0.650. The fourth-order valence-corrected chi connectivity index (χ4v) is 3.26. The highest BCUT2D eigenvalue weighted by Gasteiger charge is 2.33. The number of pyridine rings is 1. The zero-order valence-electron chi connectivity index (χ0n) is 9.52. The van der Waals surface area contributed by atoms with Gasteiger partial charge in [0.15, 0.2) is 5.12 Å². The maximum atomic E-state index is 11.9. The standard InChI is InChI=1S/C11H10BrClN2O2S/c1-6(16)18-7-2-10(17)15(5-7)9-4-14-3-8(12)11(9)13/h3-4,7H,2,5H2,1H3. The van der Waals surface area contributed by atoms with E-state index >= 15 is 0 Å². The Labute approximate surface area is 122 Å². The Morgan fingerprint density at radius 1 is 1.61 bits per heavy atom. The van der Waals surface area contributed by atoms with E-state index < -0.39 is 0 Å². The third kappa shape index (κ3) is 2.87. The van der Waals surface area contributed by atoms with E-state index in [-0.39, 0.29) is 16.3 Å². The molecule has 0 aliphatic carbocycles. The van der Waals surface area contributed by atoms with Gasteiger partial charge in [-0.2, -0.15) is 0 Å². The van der Waals surface area contributed by atoms with Crippen LogP contribution in [-0.4, -0.2) is 27.8 Å². The molecule has 1 saturated heterocycles. The first-order valence-electron chi connectivity index (χ1n) is 5.25. The topological polar surface area (TPSA) is 50.3 Å². The van der Waals surface area contributed by atoms with Crippen LogP contribution < -0.4 is 4.90 Å². The smallest absolute Gasteiger partial charge is 0.228 e. The number of halogens is 2. The summed E-state index contributed by atoms with van der Waals surface area (Å²) in [6, 6.07) is 0. The zero-order valence-corrected chi connectivity index (χ0v) is 12.7. The van der Waals surface area contributed by atoms with Crippen LogP contribution in [0.15, 0.2) is 16.9 Å². The fourth-order valence-electron chi connectivity index (χ4n) is 1.82. The van der Waals surface area contributed by atoms with Gasteiger partial charge in [0.2, 0.25) is 5.91 Å². The van der Waals surface area contributed by atoms with Gasteiger partial charge in [0.05, 0.1) is 21.4 Å². The second kappa shape index (κ2) is 5.59. The summed E-state index contributed by atoms with van der Waals surface area (Å²) in [4.78, 5) is 28.6. The summed E-state index contributed by atoms with van der Waals surface area (Å²) in [6.45, 7) is 1.99. The molecule has 1 aliphatic heterocycles. The highest BCUT2D eigenvalue weighted by molar-refractivity contribution is 9.10. The molecular formula is C11H10BrClN2O2S. The maximum absolute atomic E-state index is 11.9. The first-order valence-corrected chi connectivity index (χ1v) is 7.30. The number of amides is 1. The van der Waals surface area contributed by atoms with Crippen LogP contribution in [0, 0.1) is 0 Å². The summed E-state index contributed by atoms with van der Waals surface area (Å²) in [5.41, 5.74) is 0.586. The van der Waals surface area contributed by atoms with E-state index in [1.807, 2.05) is 0 Å². The van der Waals surface area contributed by atoms with Crippen molar-refractivity contribution in [2.75, 3.05) is 11.4 Å². The lowest BCUT2D eigenvalue weighted by Gasteiger charge is -2.17. The molecule has 2 rings (SSSR count). The SMILES string of the molecule is CC(=O)SC1CC(=O)N(c2cncc(Br)c2Cl)C1. The van der Waals surface area contributed by atoms with E-state index in [1.165, 1.54) is 18.7 Å². The Morgan fingerprint density at radius 2 is 2.33 bits per heavy atom. The highest BCUT2D eigenvalue weighted by Crippen LogP contribution is 2.35. The number of carbonyl (C=O) groups excluding carboxylic acids is 2. The monoisotopic (exact) mass is 348 g/mol. The average Bonchev–Trinajstić information content (AvgIpc) is 2.62. The van der Waals surface area contributed by atoms with Gasteiger partial charge in [0.1, 0.15) is 0 Å². The summed E-state index contributed by atoms with van der Waals surface area (Å²) in [7, 11) is 0. The predicted octanol–water partition coefficient (Wildman–Crippen LogP) is 2.88. The van der Waals surface area contributed by atoms with Gasteiger partial charge in [0.25, 0.3) is 0 Å². The van der Waals surface area contributed by atoms with Crippen molar-refractivity contribution in [1.29, 1.82) is 0 Å². The van der Waals surface area contributed by atoms with Crippen molar-refractivity contribution >= 4 is 56.0 Å². The molecule has 4 nitrogen and oxygen atoms in total. The number of hydrogen-bond donors (Lipinski definition) is 0. The van der Waals surface area contributed by atoms with Gasteiger partial charge in [-0.25, -0.2) is 0 Å². The van der Waals surface area contributed by atoms with Gasteiger partial charge in [-0.3, -0.25) is 14.6 Å². The third-order valence-electron chi connectivity index (χ3n) is 2.53. The molecule has 0 radical (unpaired) electrons. The molecule has 0 aromatic carbocycles. The predicted molar refractivity (Wildman–Crippen MR) is 76.0 cm³/mol. The molecule has 2 heterocycles. The number of rotatable bonds is 2. The first kappa shape index (κ1) is 13.8. The number of nitrogens with zero attached hydrogens (tertiary/aromatic N) is 2. The number of aromatic nitrogens is 1. The van der Waals surface area contributed by atoms with E-state index in [1.54, 1.807) is 17.3 Å². The van der Waals surface area contributed by atoms with Crippen LogP contribution in [0.1, 0.15) is 13.3 Å². The van der Waals surface area contributed by atoms with Crippen LogP contribution in [0.25, 0.3) is 0 Å². The van der Waals surface area contributed by atoms with Gasteiger partial charge in [-0.1, -0.05) is 23.4 Å². The molecule has 1 amide bonds. The van der Waals surface area contributed by atoms with E-state index in [4.69, 9.17) is 11.6 Å². The number of carbonyl (C=O) groups is 2. The van der Waals surface area contributed by atoms with Crippen LogP contribution in [0.4, 0.5) is 5.69 Å². The quantitative estimate of drug-likeness (QED) is 0.824. The second-order valence-electron chi connectivity index (χ2n) is 3.89. The van der Waals surface area contributed by atoms with Gasteiger partial charge in [-0.15, -0.1) is 0 Å². The van der Waals surface area contributed by atoms with Crippen LogP contribution in [0.3, 0.4) is 0 Å². The third-order valence-corrected chi connectivity index (χ3v) is 4.74. The molecule has 1 unspecified atom stereocenters. The summed E-state index contributed by atoms with van der Waals surface area (Å²) >= 11 is 10.6. The molecule has 1 aliphatic rings. The molecule has 96 valence electrons. The molecule has 0 saturated carbocycles. The molecule has 18 heavy (non-hydrogen) atoms. The first-order chi connectivity index (χ1) is 8.49. The van der Waals surface area contributed by atoms with Gasteiger partial charge < -0.3 is 4.90 Å². The summed E-state index contributed by atoms with van der Waals surface area (Å²) in [6.07, 6.45) is 3.49. The van der Waals surface area contributed by atoms with Crippen molar-refractivity contribution in [2.45, 2.75) is 18.6 Å². The van der Waals surface area contributed by atoms with Crippen LogP contribution >= 0.6 is 39.3 Å². The van der Waals surface area contributed by atoms with Gasteiger partial charge >= 0.3 is 0 Å². The van der Waals surface area contributed by atoms with E-state index in [2.05, 4.69) is 20.9 Å². The second-order valence-corrected chi connectivity index (χ2v) is 6.60. The van der Waals surface area contributed by atoms with Crippen LogP contribution in [0.5, 0.6) is 0 Å². The minimum Gasteiger partial charge on any atom is -0.308 e. The molecule has 0 bridgehead atoms. The lowest BCUT2D eigenvalue weighted by molar-refractivity contribution is -0.117. The van der Waals surface area contributed by atoms with Crippen molar-refractivity contribution in [3.8, 4) is 0 Å². The molecule has 1 aromatic rings. The number of thioether (sulfide) groups is 1. The van der Waals surface area contributed by atoms with Crippen molar-refractivity contribution in [3.05, 3.63) is 21.9 Å². The minimum atomic E-state index is -0.0319. The zero-order chi connectivity index (χ0) is 13.3. The van der Waals surface area contributed by atoms with Crippen LogP contribution in [0.2, 0.25) is 5.02 Å². The van der Waals surface area contributed by atoms with E-state index in [9.17, 15) is 9.59 Å². The van der Waals surface area contributed by atoms with E-state index in [0.717, 1.165) is 0 Å². The Balaban J connectivity index is 2.22. The van der Waals surface area contributed by atoms with Gasteiger partial charge in [-0.05, 0) is 15.9 Å². The lowest BCUT2D eigenvalue weighted by atomic mass is 10.4. The van der Waals surface area contributed by atoms with Crippen LogP contribution in [-0.2, 0) is 9.59 Å². The normalized spacial score (nSPS) is 19.4.